The molecule has 1 aromatic carbocycles. The summed E-state index contributed by atoms with van der Waals surface area (Å²) >= 11 is 0. The highest BCUT2D eigenvalue weighted by atomic mass is 16.5. The number of carbonyl (C=O) groups excluding carboxylic acids is 3. The second-order valence-corrected chi connectivity index (χ2v) is 8.70. The largest absolute Gasteiger partial charge is 0.492 e. The molecule has 1 atom stereocenters. The van der Waals surface area contributed by atoms with Gasteiger partial charge in [-0.25, -0.2) is 0 Å². The molecule has 1 aromatic rings. The Kier molecular flexibility index (Phi) is 3.81. The SMILES string of the molecule is Cc1cc2c(c3c1C(=O)N([C@H]1CCC(=O)NC1=O)C3)OCC21CCN(C)CC1. The molecule has 0 aliphatic carbocycles. The van der Waals surface area contributed by atoms with Crippen LogP contribution >= 0.6 is 0 Å². The first-order valence-corrected chi connectivity index (χ1v) is 10.0. The van der Waals surface area contributed by atoms with Gasteiger partial charge in [0.2, 0.25) is 11.8 Å². The van der Waals surface area contributed by atoms with Gasteiger partial charge in [0, 0.05) is 23.0 Å². The Bertz CT molecular complexity index is 901. The average molecular weight is 383 g/mol. The monoisotopic (exact) mass is 383 g/mol. The Labute approximate surface area is 164 Å². The fourth-order valence-electron chi connectivity index (χ4n) is 5.24. The number of aryl methyl sites for hydroxylation is 1. The molecule has 0 bridgehead atoms. The number of carbonyl (C=O) groups is 3. The molecule has 0 radical (unpaired) electrons. The van der Waals surface area contributed by atoms with Gasteiger partial charge in [0.05, 0.1) is 18.7 Å². The Hall–Kier alpha value is -2.41. The quantitative estimate of drug-likeness (QED) is 0.735. The number of piperidine rings is 2. The van der Waals surface area contributed by atoms with Crippen LogP contribution in [0.2, 0.25) is 0 Å². The van der Waals surface area contributed by atoms with E-state index in [-0.39, 0.29) is 29.6 Å². The fourth-order valence-corrected chi connectivity index (χ4v) is 5.24. The third-order valence-corrected chi connectivity index (χ3v) is 6.97. The van der Waals surface area contributed by atoms with Crippen LogP contribution in [0.5, 0.6) is 5.75 Å². The van der Waals surface area contributed by atoms with Crippen molar-refractivity contribution in [2.75, 3.05) is 26.7 Å². The lowest BCUT2D eigenvalue weighted by atomic mass is 9.73. The summed E-state index contributed by atoms with van der Waals surface area (Å²) in [5.74, 6) is 0.0838. The zero-order valence-electron chi connectivity index (χ0n) is 16.3. The maximum Gasteiger partial charge on any atom is 0.255 e. The standard InChI is InChI=1S/C21H25N3O4/c1-12-9-14-18(28-11-21(14)5-7-23(2)8-6-21)13-10-24(20(27)17(12)13)15-3-4-16(25)22-19(15)26/h9,15H,3-8,10-11H2,1-2H3,(H,22,25,26)/t15-/m0/s1. The third-order valence-electron chi connectivity index (χ3n) is 6.97. The molecule has 28 heavy (non-hydrogen) atoms. The molecule has 2 fully saturated rings. The van der Waals surface area contributed by atoms with Gasteiger partial charge in [-0.1, -0.05) is 6.07 Å². The number of imide groups is 1. The predicted molar refractivity (Wildman–Crippen MR) is 101 cm³/mol. The molecule has 7 nitrogen and oxygen atoms in total. The topological polar surface area (TPSA) is 79.0 Å². The average Bonchev–Trinajstić information content (AvgIpc) is 3.17. The van der Waals surface area contributed by atoms with E-state index in [1.54, 1.807) is 4.90 Å². The van der Waals surface area contributed by atoms with Crippen molar-refractivity contribution >= 4 is 17.7 Å². The molecule has 3 amide bonds. The molecule has 4 aliphatic rings. The first kappa shape index (κ1) is 17.7. The number of ether oxygens (including phenoxy) is 1. The highest BCUT2D eigenvalue weighted by Crippen LogP contribution is 2.50. The van der Waals surface area contributed by atoms with E-state index in [4.69, 9.17) is 4.74 Å². The number of likely N-dealkylation sites (tertiary alicyclic amines) is 1. The Morgan fingerprint density at radius 1 is 1.21 bits per heavy atom. The Morgan fingerprint density at radius 3 is 2.68 bits per heavy atom. The molecule has 1 spiro atoms. The molecule has 2 saturated heterocycles. The highest BCUT2D eigenvalue weighted by Gasteiger charge is 2.48. The number of amides is 3. The van der Waals surface area contributed by atoms with Crippen LogP contribution < -0.4 is 10.1 Å². The zero-order valence-corrected chi connectivity index (χ0v) is 16.3. The van der Waals surface area contributed by atoms with Gasteiger partial charge in [0.1, 0.15) is 11.8 Å². The number of nitrogens with one attached hydrogen (secondary N) is 1. The lowest BCUT2D eigenvalue weighted by molar-refractivity contribution is -0.136. The van der Waals surface area contributed by atoms with Crippen molar-refractivity contribution in [3.8, 4) is 5.75 Å². The number of fused-ring (bicyclic) bond motifs is 4. The van der Waals surface area contributed by atoms with Gasteiger partial charge in [0.25, 0.3) is 5.91 Å². The van der Waals surface area contributed by atoms with E-state index >= 15 is 0 Å². The van der Waals surface area contributed by atoms with Gasteiger partial charge in [-0.2, -0.15) is 0 Å². The van der Waals surface area contributed by atoms with Gasteiger partial charge < -0.3 is 14.5 Å². The molecule has 4 heterocycles. The minimum absolute atomic E-state index is 0.0345. The molecule has 148 valence electrons. The first-order chi connectivity index (χ1) is 13.4. The summed E-state index contributed by atoms with van der Waals surface area (Å²) < 4.78 is 6.20. The van der Waals surface area contributed by atoms with Gasteiger partial charge >= 0.3 is 0 Å². The molecular formula is C21H25N3O4. The van der Waals surface area contributed by atoms with Crippen LogP contribution in [0.4, 0.5) is 0 Å². The fraction of sp³-hybridized carbons (Fsp3) is 0.571. The summed E-state index contributed by atoms with van der Waals surface area (Å²) in [6.07, 6.45) is 2.75. The third kappa shape index (κ3) is 2.42. The summed E-state index contributed by atoms with van der Waals surface area (Å²) in [4.78, 5) is 40.9. The van der Waals surface area contributed by atoms with E-state index in [1.165, 1.54) is 5.56 Å². The van der Waals surface area contributed by atoms with Crippen molar-refractivity contribution in [3.63, 3.8) is 0 Å². The van der Waals surface area contributed by atoms with Crippen LogP contribution in [0, 0.1) is 6.92 Å². The van der Waals surface area contributed by atoms with Crippen molar-refractivity contribution in [2.24, 2.45) is 0 Å². The van der Waals surface area contributed by atoms with E-state index in [0.717, 1.165) is 42.8 Å². The van der Waals surface area contributed by atoms with Crippen LogP contribution in [-0.4, -0.2) is 60.3 Å². The summed E-state index contributed by atoms with van der Waals surface area (Å²) in [5.41, 5.74) is 3.81. The minimum atomic E-state index is -0.591. The molecule has 4 aliphatic heterocycles. The van der Waals surface area contributed by atoms with Gasteiger partial charge in [-0.15, -0.1) is 0 Å². The second kappa shape index (κ2) is 6.04. The Balaban J connectivity index is 1.51. The van der Waals surface area contributed by atoms with Crippen LogP contribution in [0.3, 0.4) is 0 Å². The van der Waals surface area contributed by atoms with Gasteiger partial charge in [0.15, 0.2) is 0 Å². The number of hydrogen-bond acceptors (Lipinski definition) is 5. The summed E-state index contributed by atoms with van der Waals surface area (Å²) in [5, 5.41) is 2.36. The van der Waals surface area contributed by atoms with E-state index in [2.05, 4.69) is 23.3 Å². The molecule has 0 unspecified atom stereocenters. The van der Waals surface area contributed by atoms with Crippen LogP contribution in [0.1, 0.15) is 52.7 Å². The lowest BCUT2D eigenvalue weighted by Gasteiger charge is -2.37. The molecule has 0 aromatic heterocycles. The zero-order chi connectivity index (χ0) is 19.6. The summed E-state index contributed by atoms with van der Waals surface area (Å²) in [6, 6.07) is 1.55. The number of rotatable bonds is 1. The predicted octanol–water partition coefficient (Wildman–Crippen LogP) is 1.11. The first-order valence-electron chi connectivity index (χ1n) is 10.0. The van der Waals surface area contributed by atoms with E-state index in [9.17, 15) is 14.4 Å². The molecular weight excluding hydrogens is 358 g/mol. The molecule has 1 N–H and O–H groups in total. The van der Waals surface area contributed by atoms with E-state index < -0.39 is 6.04 Å². The van der Waals surface area contributed by atoms with Crippen LogP contribution in [0.15, 0.2) is 6.07 Å². The smallest absolute Gasteiger partial charge is 0.255 e. The lowest BCUT2D eigenvalue weighted by Crippen LogP contribution is -2.52. The molecule has 7 heteroatoms. The maximum atomic E-state index is 13.2. The van der Waals surface area contributed by atoms with Crippen molar-refractivity contribution in [1.82, 2.24) is 15.1 Å². The molecule has 5 rings (SSSR count). The molecule has 0 saturated carbocycles. The van der Waals surface area contributed by atoms with Gasteiger partial charge in [-0.3, -0.25) is 19.7 Å². The van der Waals surface area contributed by atoms with Crippen molar-refractivity contribution in [1.29, 1.82) is 0 Å². The summed E-state index contributed by atoms with van der Waals surface area (Å²) in [7, 11) is 2.15. The van der Waals surface area contributed by atoms with E-state index in [1.807, 2.05) is 6.92 Å². The van der Waals surface area contributed by atoms with Crippen molar-refractivity contribution in [2.45, 2.75) is 50.6 Å². The summed E-state index contributed by atoms with van der Waals surface area (Å²) in [6.45, 7) is 5.10. The van der Waals surface area contributed by atoms with Crippen LogP contribution in [0.25, 0.3) is 0 Å². The van der Waals surface area contributed by atoms with Gasteiger partial charge in [-0.05, 0) is 51.9 Å². The van der Waals surface area contributed by atoms with E-state index in [0.29, 0.717) is 25.1 Å². The number of nitrogens with zero attached hydrogens (tertiary/aromatic N) is 2. The second-order valence-electron chi connectivity index (χ2n) is 8.70. The number of benzene rings is 1. The highest BCUT2D eigenvalue weighted by molar-refractivity contribution is 6.06. The van der Waals surface area contributed by atoms with Crippen LogP contribution in [-0.2, 0) is 21.5 Å². The normalized spacial score (nSPS) is 26.3. The Morgan fingerprint density at radius 2 is 1.96 bits per heavy atom. The number of hydrogen-bond donors (Lipinski definition) is 1. The van der Waals surface area contributed by atoms with Crippen molar-refractivity contribution < 1.29 is 19.1 Å². The van der Waals surface area contributed by atoms with Crippen molar-refractivity contribution in [3.05, 3.63) is 28.3 Å². The minimum Gasteiger partial charge on any atom is -0.492 e. The maximum absolute atomic E-state index is 13.2.